The second kappa shape index (κ2) is 6.92. The van der Waals surface area contributed by atoms with Crippen molar-refractivity contribution in [3.8, 4) is 0 Å². The van der Waals surface area contributed by atoms with E-state index in [1.807, 2.05) is 0 Å². The third-order valence-electron chi connectivity index (χ3n) is 2.89. The molecule has 0 aliphatic rings. The highest BCUT2D eigenvalue weighted by Gasteiger charge is 2.18. The lowest BCUT2D eigenvalue weighted by Crippen LogP contribution is -2.25. The normalized spacial score (nSPS) is 11.8. The molecule has 0 spiro atoms. The number of benzene rings is 1. The van der Waals surface area contributed by atoms with Gasteiger partial charge in [-0.3, -0.25) is 0 Å². The Hall–Kier alpha value is -1.58. The monoisotopic (exact) mass is 328 g/mol. The van der Waals surface area contributed by atoms with Gasteiger partial charge in [-0.15, -0.1) is 0 Å². The Labute approximate surface area is 126 Å². The molecule has 0 bridgehead atoms. The largest absolute Gasteiger partial charge is 0.550 e. The number of carbonyl (C=O) groups is 1. The van der Waals surface area contributed by atoms with Gasteiger partial charge in [0.15, 0.2) is 0 Å². The number of aliphatic carboxylic acids is 1. The molecule has 114 valence electrons. The molecule has 0 aliphatic carbocycles. The summed E-state index contributed by atoms with van der Waals surface area (Å²) in [7, 11) is -3.63. The lowest BCUT2D eigenvalue weighted by atomic mass is 10.2. The summed E-state index contributed by atoms with van der Waals surface area (Å²) in [6.45, 7) is 0.253. The number of nitrogens with zero attached hydrogens (tertiary/aromatic N) is 2. The van der Waals surface area contributed by atoms with Crippen LogP contribution in [0, 0.1) is 0 Å². The predicted molar refractivity (Wildman–Crippen MR) is 76.1 cm³/mol. The second-order valence-electron chi connectivity index (χ2n) is 4.47. The van der Waals surface area contributed by atoms with E-state index in [2.05, 4.69) is 13.5 Å². The zero-order chi connectivity index (χ0) is 15.3. The van der Waals surface area contributed by atoms with Gasteiger partial charge in [0.05, 0.1) is 11.7 Å². The number of hydrogen-bond acceptors (Lipinski definition) is 7. The molecule has 0 saturated carbocycles. The molecular formula is C12H14N3O4S2-. The van der Waals surface area contributed by atoms with Gasteiger partial charge in [-0.1, -0.05) is 12.5 Å². The Morgan fingerprint density at radius 2 is 2.05 bits per heavy atom. The number of carboxylic acids is 1. The van der Waals surface area contributed by atoms with Gasteiger partial charge in [0, 0.05) is 12.5 Å². The Balaban J connectivity index is 1.93. The van der Waals surface area contributed by atoms with Gasteiger partial charge in [-0.05, 0) is 31.4 Å². The van der Waals surface area contributed by atoms with Crippen molar-refractivity contribution in [2.75, 3.05) is 6.54 Å². The van der Waals surface area contributed by atoms with Crippen molar-refractivity contribution < 1.29 is 18.3 Å². The van der Waals surface area contributed by atoms with Crippen molar-refractivity contribution in [3.63, 3.8) is 0 Å². The van der Waals surface area contributed by atoms with E-state index in [0.29, 0.717) is 30.3 Å². The topological polar surface area (TPSA) is 112 Å². The first kappa shape index (κ1) is 15.8. The molecule has 9 heteroatoms. The molecule has 0 fully saturated rings. The molecule has 0 atom stereocenters. The van der Waals surface area contributed by atoms with Crippen LogP contribution in [-0.2, 0) is 14.8 Å². The summed E-state index contributed by atoms with van der Waals surface area (Å²) in [5.74, 6) is -1.08. The minimum absolute atomic E-state index is 0.00342. The molecule has 1 aromatic heterocycles. The zero-order valence-electron chi connectivity index (χ0n) is 11.1. The van der Waals surface area contributed by atoms with Gasteiger partial charge in [0.2, 0.25) is 10.0 Å². The van der Waals surface area contributed by atoms with Crippen LogP contribution in [-0.4, -0.2) is 29.7 Å². The molecule has 0 radical (unpaired) electrons. The number of hydrogen-bond donors (Lipinski definition) is 1. The molecule has 0 aliphatic heterocycles. The molecular weight excluding hydrogens is 314 g/mol. The molecule has 0 saturated heterocycles. The van der Waals surface area contributed by atoms with Crippen molar-refractivity contribution >= 4 is 38.8 Å². The third kappa shape index (κ3) is 4.19. The maximum absolute atomic E-state index is 12.2. The smallest absolute Gasteiger partial charge is 0.242 e. The number of sulfonamides is 1. The Morgan fingerprint density at radius 1 is 1.24 bits per heavy atom. The van der Waals surface area contributed by atoms with Crippen molar-refractivity contribution in [3.05, 3.63) is 18.2 Å². The number of fused-ring (bicyclic) bond motifs is 1. The number of nitrogens with one attached hydrogen (secondary N) is 1. The van der Waals surface area contributed by atoms with E-state index < -0.39 is 16.0 Å². The maximum Gasteiger partial charge on any atom is 0.242 e. The minimum atomic E-state index is -3.63. The van der Waals surface area contributed by atoms with Crippen LogP contribution < -0.4 is 9.83 Å². The van der Waals surface area contributed by atoms with Crippen LogP contribution in [0.25, 0.3) is 11.0 Å². The van der Waals surface area contributed by atoms with Crippen molar-refractivity contribution in [2.45, 2.75) is 30.6 Å². The summed E-state index contributed by atoms with van der Waals surface area (Å²) in [4.78, 5) is 10.4. The third-order valence-corrected chi connectivity index (χ3v) is 4.92. The molecule has 0 amide bonds. The van der Waals surface area contributed by atoms with Gasteiger partial charge < -0.3 is 9.90 Å². The Kier molecular flexibility index (Phi) is 5.21. The summed E-state index contributed by atoms with van der Waals surface area (Å²) in [5.41, 5.74) is 0.920. The molecule has 2 aromatic rings. The first-order chi connectivity index (χ1) is 10.0. The standard InChI is InChI=1S/C12H15N3O4S2/c16-11(17)7-2-1-3-8-13-21(18,19)10-6-4-5-9-12(10)15-20-14-9/h4-6,13H,1-3,7-8H2,(H,16,17)/p-1. The molecule has 1 heterocycles. The first-order valence-electron chi connectivity index (χ1n) is 6.41. The van der Waals surface area contributed by atoms with Crippen LogP contribution in [0.3, 0.4) is 0 Å². The predicted octanol–water partition coefficient (Wildman–Crippen LogP) is 0.280. The highest BCUT2D eigenvalue weighted by atomic mass is 32.2. The molecule has 1 aromatic carbocycles. The van der Waals surface area contributed by atoms with E-state index in [4.69, 9.17) is 0 Å². The Morgan fingerprint density at radius 3 is 2.81 bits per heavy atom. The van der Waals surface area contributed by atoms with E-state index >= 15 is 0 Å². The van der Waals surface area contributed by atoms with Crippen LogP contribution in [0.1, 0.15) is 25.7 Å². The fourth-order valence-corrected chi connectivity index (χ4v) is 3.69. The van der Waals surface area contributed by atoms with Crippen LogP contribution in [0.15, 0.2) is 23.1 Å². The quantitative estimate of drug-likeness (QED) is 0.697. The highest BCUT2D eigenvalue weighted by molar-refractivity contribution is 7.89. The van der Waals surface area contributed by atoms with Gasteiger partial charge >= 0.3 is 0 Å². The average Bonchev–Trinajstić information content (AvgIpc) is 2.90. The summed E-state index contributed by atoms with van der Waals surface area (Å²) in [5, 5.41) is 10.2. The number of carbonyl (C=O) groups excluding carboxylic acids is 1. The molecule has 2 rings (SSSR count). The van der Waals surface area contributed by atoms with E-state index in [9.17, 15) is 18.3 Å². The Bertz CT molecular complexity index is 727. The zero-order valence-corrected chi connectivity index (χ0v) is 12.7. The number of carboxylic acid groups (broad SMARTS) is 1. The number of unbranched alkanes of at least 4 members (excludes halogenated alkanes) is 2. The van der Waals surface area contributed by atoms with Gasteiger partial charge in [0.1, 0.15) is 15.9 Å². The molecule has 21 heavy (non-hydrogen) atoms. The average molecular weight is 328 g/mol. The van der Waals surface area contributed by atoms with Crippen LogP contribution >= 0.6 is 11.7 Å². The summed E-state index contributed by atoms with van der Waals surface area (Å²) < 4.78 is 34.9. The summed E-state index contributed by atoms with van der Waals surface area (Å²) >= 11 is 0.967. The molecule has 0 unspecified atom stereocenters. The number of aromatic nitrogens is 2. The second-order valence-corrected chi connectivity index (χ2v) is 6.73. The van der Waals surface area contributed by atoms with Gasteiger partial charge in [-0.2, -0.15) is 8.75 Å². The van der Waals surface area contributed by atoms with Crippen molar-refractivity contribution in [1.29, 1.82) is 0 Å². The van der Waals surface area contributed by atoms with Crippen molar-refractivity contribution in [1.82, 2.24) is 13.5 Å². The van der Waals surface area contributed by atoms with Gasteiger partial charge in [0.25, 0.3) is 0 Å². The SMILES string of the molecule is O=C([O-])CCCCCNS(=O)(=O)c1cccc2nsnc12. The fourth-order valence-electron chi connectivity index (χ4n) is 1.85. The first-order valence-corrected chi connectivity index (χ1v) is 8.63. The van der Waals surface area contributed by atoms with E-state index in [1.54, 1.807) is 12.1 Å². The lowest BCUT2D eigenvalue weighted by Gasteiger charge is -2.07. The minimum Gasteiger partial charge on any atom is -0.550 e. The number of rotatable bonds is 8. The van der Waals surface area contributed by atoms with Crippen molar-refractivity contribution in [2.24, 2.45) is 0 Å². The summed E-state index contributed by atoms with van der Waals surface area (Å²) in [6, 6.07) is 4.82. The summed E-state index contributed by atoms with van der Waals surface area (Å²) in [6.07, 6.45) is 1.67. The lowest BCUT2D eigenvalue weighted by molar-refractivity contribution is -0.305. The molecule has 1 N–H and O–H groups in total. The van der Waals surface area contributed by atoms with E-state index in [0.717, 1.165) is 11.7 Å². The fraction of sp³-hybridized carbons (Fsp3) is 0.417. The maximum atomic E-state index is 12.2. The van der Waals surface area contributed by atoms with Gasteiger partial charge in [-0.25, -0.2) is 13.1 Å². The molecule has 7 nitrogen and oxygen atoms in total. The van der Waals surface area contributed by atoms with Crippen LogP contribution in [0.4, 0.5) is 0 Å². The van der Waals surface area contributed by atoms with E-state index in [-0.39, 0.29) is 17.9 Å². The van der Waals surface area contributed by atoms with E-state index in [1.165, 1.54) is 6.07 Å². The highest BCUT2D eigenvalue weighted by Crippen LogP contribution is 2.20. The van der Waals surface area contributed by atoms with Crippen LogP contribution in [0.5, 0.6) is 0 Å². The van der Waals surface area contributed by atoms with Crippen LogP contribution in [0.2, 0.25) is 0 Å².